The Hall–Kier alpha value is -4.38. The van der Waals surface area contributed by atoms with Crippen molar-refractivity contribution in [2.24, 2.45) is 0 Å². The predicted molar refractivity (Wildman–Crippen MR) is 117 cm³/mol. The van der Waals surface area contributed by atoms with Crippen LogP contribution in [0.15, 0.2) is 106 Å². The van der Waals surface area contributed by atoms with Crippen molar-refractivity contribution in [1.29, 1.82) is 0 Å². The number of para-hydroxylation sites is 5. The van der Waals surface area contributed by atoms with Crippen LogP contribution in [0, 0.1) is 0 Å². The fourth-order valence-corrected chi connectivity index (χ4v) is 5.25. The first kappa shape index (κ1) is 16.3. The zero-order chi connectivity index (χ0) is 20.9. The van der Waals surface area contributed by atoms with Crippen LogP contribution in [0.3, 0.4) is 0 Å². The van der Waals surface area contributed by atoms with E-state index in [4.69, 9.17) is 13.6 Å². The summed E-state index contributed by atoms with van der Waals surface area (Å²) >= 11 is 0. The van der Waals surface area contributed by atoms with Gasteiger partial charge >= 0.3 is 17.6 Å². The number of benzene rings is 4. The Bertz CT molecular complexity index is 1730. The fourth-order valence-electron chi connectivity index (χ4n) is 5.25. The third-order valence-electron chi connectivity index (χ3n) is 6.52. The van der Waals surface area contributed by atoms with Crippen molar-refractivity contribution in [3.8, 4) is 28.7 Å². The van der Waals surface area contributed by atoms with Gasteiger partial charge in [0.05, 0.1) is 0 Å². The Morgan fingerprint density at radius 3 is 1.78 bits per heavy atom. The van der Waals surface area contributed by atoms with Crippen LogP contribution in [0.25, 0.3) is 45.1 Å². The van der Waals surface area contributed by atoms with E-state index in [1.54, 1.807) is 0 Å². The standard InChI is InChI=1S/C27H16N2O3/c1-3-11-19-17(9-1)25-28(20-12-4-7-15-23(20)30-25)27(19)29-21-13-5-8-16-24(21)31-26(29)18-10-2-6-14-22(18)32-27/h1-16H/q+2/t27-/m0/s1. The summed E-state index contributed by atoms with van der Waals surface area (Å²) in [5.41, 5.74) is 6.48. The molecule has 0 unspecified atom stereocenters. The summed E-state index contributed by atoms with van der Waals surface area (Å²) in [6, 6.07) is 32.5. The smallest absolute Gasteiger partial charge is 0.397 e. The van der Waals surface area contributed by atoms with E-state index in [-0.39, 0.29) is 0 Å². The van der Waals surface area contributed by atoms with Crippen molar-refractivity contribution < 1.29 is 22.7 Å². The third-order valence-corrected chi connectivity index (χ3v) is 6.52. The molecule has 2 aliphatic heterocycles. The molecule has 6 aromatic rings. The number of rotatable bonds is 0. The van der Waals surface area contributed by atoms with Crippen molar-refractivity contribution in [3.63, 3.8) is 0 Å². The first-order valence-electron chi connectivity index (χ1n) is 10.6. The SMILES string of the molecule is c1ccc2c(c1)O[C@]1(c3ccccc3-c3oc4ccccc4[n+]31)[n+]1c-2oc2ccccc21. The van der Waals surface area contributed by atoms with Gasteiger partial charge in [0.1, 0.15) is 11.1 Å². The Labute approximate surface area is 182 Å². The summed E-state index contributed by atoms with van der Waals surface area (Å²) in [5.74, 6) is 1.28. The Balaban J connectivity index is 1.63. The van der Waals surface area contributed by atoms with Gasteiger partial charge in [0, 0.05) is 12.1 Å². The van der Waals surface area contributed by atoms with E-state index >= 15 is 0 Å². The molecule has 0 amide bonds. The van der Waals surface area contributed by atoms with Crippen LogP contribution < -0.4 is 13.9 Å². The summed E-state index contributed by atoms with van der Waals surface area (Å²) in [5, 5.41) is 0. The predicted octanol–water partition coefficient (Wildman–Crippen LogP) is 5.00. The van der Waals surface area contributed by atoms with E-state index in [0.717, 1.165) is 56.4 Å². The second-order valence-corrected chi connectivity index (χ2v) is 8.17. The lowest BCUT2D eigenvalue weighted by atomic mass is 10.0. The lowest BCUT2D eigenvalue weighted by Gasteiger charge is -2.24. The highest BCUT2D eigenvalue weighted by Gasteiger charge is 2.71. The topological polar surface area (TPSA) is 43.3 Å². The molecule has 5 nitrogen and oxygen atoms in total. The molecule has 5 heteroatoms. The maximum Gasteiger partial charge on any atom is 0.561 e. The molecule has 2 aromatic heterocycles. The van der Waals surface area contributed by atoms with Gasteiger partial charge in [0.2, 0.25) is 11.2 Å². The van der Waals surface area contributed by atoms with Gasteiger partial charge in [0.25, 0.3) is 11.0 Å². The van der Waals surface area contributed by atoms with E-state index in [2.05, 4.69) is 33.4 Å². The van der Waals surface area contributed by atoms with Gasteiger partial charge < -0.3 is 13.6 Å². The summed E-state index contributed by atoms with van der Waals surface area (Å²) in [4.78, 5) is 0. The Kier molecular flexibility index (Phi) is 2.78. The maximum atomic E-state index is 7.00. The van der Waals surface area contributed by atoms with Gasteiger partial charge in [-0.3, -0.25) is 0 Å². The average molecular weight is 416 g/mol. The van der Waals surface area contributed by atoms with E-state index in [1.807, 2.05) is 72.8 Å². The van der Waals surface area contributed by atoms with Gasteiger partial charge in [-0.05, 0) is 45.5 Å². The second-order valence-electron chi connectivity index (χ2n) is 8.17. The highest BCUT2D eigenvalue weighted by atomic mass is 16.5. The van der Waals surface area contributed by atoms with E-state index in [9.17, 15) is 0 Å². The molecule has 0 saturated carbocycles. The molecule has 4 heterocycles. The van der Waals surface area contributed by atoms with Crippen molar-refractivity contribution in [1.82, 2.24) is 0 Å². The van der Waals surface area contributed by atoms with E-state index < -0.39 is 5.85 Å². The molecule has 0 bridgehead atoms. The molecule has 1 spiro atoms. The largest absolute Gasteiger partial charge is 0.561 e. The first-order chi connectivity index (χ1) is 15.9. The molecule has 150 valence electrons. The minimum absolute atomic E-state index is 0.758. The number of hydrogen-bond donors (Lipinski definition) is 0. The lowest BCUT2D eigenvalue weighted by Crippen LogP contribution is -2.76. The van der Waals surface area contributed by atoms with Crippen molar-refractivity contribution in [3.05, 3.63) is 103 Å². The lowest BCUT2D eigenvalue weighted by molar-refractivity contribution is -0.989. The summed E-state index contributed by atoms with van der Waals surface area (Å²) in [6.07, 6.45) is 0. The van der Waals surface area contributed by atoms with Crippen LogP contribution in [0.4, 0.5) is 0 Å². The molecule has 0 aliphatic carbocycles. The highest BCUT2D eigenvalue weighted by Crippen LogP contribution is 2.46. The molecule has 4 aromatic carbocycles. The number of nitrogens with zero attached hydrogens (tertiary/aromatic N) is 2. The number of fused-ring (bicyclic) bond motifs is 13. The zero-order valence-corrected chi connectivity index (χ0v) is 16.9. The van der Waals surface area contributed by atoms with Gasteiger partial charge in [-0.15, -0.1) is 0 Å². The first-order valence-corrected chi connectivity index (χ1v) is 10.6. The van der Waals surface area contributed by atoms with Crippen LogP contribution in [0.5, 0.6) is 5.75 Å². The molecular formula is C27H16N2O3+2. The van der Waals surface area contributed by atoms with Crippen molar-refractivity contribution in [2.75, 3.05) is 0 Å². The molecule has 8 rings (SSSR count). The van der Waals surface area contributed by atoms with Crippen LogP contribution in [0.1, 0.15) is 5.56 Å². The van der Waals surface area contributed by atoms with E-state index in [0.29, 0.717) is 0 Å². The second kappa shape index (κ2) is 5.45. The molecule has 1 atom stereocenters. The zero-order valence-electron chi connectivity index (χ0n) is 16.9. The summed E-state index contributed by atoms with van der Waals surface area (Å²) in [7, 11) is 0. The molecular weight excluding hydrogens is 400 g/mol. The molecule has 0 radical (unpaired) electrons. The molecule has 0 fully saturated rings. The molecule has 32 heavy (non-hydrogen) atoms. The molecule has 0 saturated heterocycles. The Morgan fingerprint density at radius 1 is 0.531 bits per heavy atom. The van der Waals surface area contributed by atoms with Crippen LogP contribution in [0.2, 0.25) is 0 Å². The molecule has 0 N–H and O–H groups in total. The number of aromatic nitrogens is 2. The number of hydrogen-bond acceptors (Lipinski definition) is 3. The monoisotopic (exact) mass is 416 g/mol. The molecule has 2 aliphatic rings. The highest BCUT2D eigenvalue weighted by molar-refractivity contribution is 5.77. The summed E-state index contributed by atoms with van der Waals surface area (Å²) in [6.45, 7) is 0. The fraction of sp³-hybridized carbons (Fsp3) is 0.0370. The van der Waals surface area contributed by atoms with Crippen LogP contribution in [-0.2, 0) is 5.85 Å². The van der Waals surface area contributed by atoms with Gasteiger partial charge in [-0.2, -0.15) is 0 Å². The quantitative estimate of drug-likeness (QED) is 0.327. The van der Waals surface area contributed by atoms with Gasteiger partial charge in [-0.25, -0.2) is 0 Å². The van der Waals surface area contributed by atoms with Gasteiger partial charge in [0.15, 0.2) is 11.3 Å². The normalized spacial score (nSPS) is 17.8. The van der Waals surface area contributed by atoms with Crippen LogP contribution in [-0.4, -0.2) is 0 Å². The van der Waals surface area contributed by atoms with E-state index in [1.165, 1.54) is 0 Å². The minimum Gasteiger partial charge on any atom is -0.397 e. The minimum atomic E-state index is -1.02. The van der Waals surface area contributed by atoms with Gasteiger partial charge in [-0.1, -0.05) is 48.5 Å². The third kappa shape index (κ3) is 1.73. The van der Waals surface area contributed by atoms with Crippen molar-refractivity contribution in [2.45, 2.75) is 5.85 Å². The maximum absolute atomic E-state index is 7.00. The average Bonchev–Trinajstić information content (AvgIpc) is 3.50. The summed E-state index contributed by atoms with van der Waals surface area (Å²) < 4.78 is 24.2. The van der Waals surface area contributed by atoms with Crippen LogP contribution >= 0.6 is 0 Å². The van der Waals surface area contributed by atoms with Crippen molar-refractivity contribution >= 4 is 22.2 Å². The Morgan fingerprint density at radius 2 is 1.06 bits per heavy atom. The number of oxazole rings is 2. The number of ether oxygens (including phenoxy) is 1.